The van der Waals surface area contributed by atoms with E-state index in [2.05, 4.69) is 15.1 Å². The van der Waals surface area contributed by atoms with Gasteiger partial charge in [-0.3, -0.25) is 9.36 Å². The van der Waals surface area contributed by atoms with Crippen LogP contribution in [0.2, 0.25) is 0 Å². The zero-order valence-electron chi connectivity index (χ0n) is 24.8. The lowest BCUT2D eigenvalue weighted by Crippen LogP contribution is -2.22. The van der Waals surface area contributed by atoms with Crippen molar-refractivity contribution in [2.75, 3.05) is 27.8 Å². The largest absolute Gasteiger partial charge is 0.497 e. The molecule has 17 heteroatoms. The molecule has 3 heterocycles. The second-order valence-corrected chi connectivity index (χ2v) is 9.69. The number of methoxy groups -OCH3 is 1. The van der Waals surface area contributed by atoms with Crippen LogP contribution in [0.25, 0.3) is 28.1 Å². The number of carboxylic acid groups (broad SMARTS) is 1. The van der Waals surface area contributed by atoms with Gasteiger partial charge in [0.05, 0.1) is 31.6 Å². The van der Waals surface area contributed by atoms with Gasteiger partial charge in [-0.2, -0.15) is 18.3 Å². The second-order valence-electron chi connectivity index (χ2n) is 9.69. The molecule has 0 aliphatic carbocycles. The van der Waals surface area contributed by atoms with Crippen LogP contribution in [0.15, 0.2) is 66.0 Å². The highest BCUT2D eigenvalue weighted by Crippen LogP contribution is 2.23. The Bertz CT molecular complexity index is 1930. The van der Waals surface area contributed by atoms with Crippen LogP contribution in [0.3, 0.4) is 0 Å². The number of aromatic nitrogens is 6. The second kappa shape index (κ2) is 13.6. The van der Waals surface area contributed by atoms with E-state index in [-0.39, 0.29) is 29.0 Å². The molecule has 0 amide bonds. The van der Waals surface area contributed by atoms with Crippen LogP contribution in [-0.2, 0) is 16.1 Å². The molecule has 242 valence electrons. The molecule has 0 unspecified atom stereocenters. The molecule has 0 spiro atoms. The van der Waals surface area contributed by atoms with Crippen LogP contribution in [0.4, 0.5) is 17.6 Å². The molecule has 0 fully saturated rings. The molecule has 3 aromatic heterocycles. The van der Waals surface area contributed by atoms with E-state index in [1.54, 1.807) is 54.2 Å². The predicted molar refractivity (Wildman–Crippen MR) is 155 cm³/mol. The van der Waals surface area contributed by atoms with E-state index in [9.17, 15) is 22.8 Å². The molecule has 46 heavy (non-hydrogen) atoms. The minimum atomic E-state index is -5.08. The van der Waals surface area contributed by atoms with Gasteiger partial charge in [-0.15, -0.1) is 0 Å². The average Bonchev–Trinajstić information content (AvgIpc) is 3.63. The number of nitrogens with zero attached hydrogens (tertiary/aromatic N) is 7. The van der Waals surface area contributed by atoms with E-state index in [4.69, 9.17) is 19.4 Å². The van der Waals surface area contributed by atoms with E-state index in [0.29, 0.717) is 23.7 Å². The zero-order chi connectivity index (χ0) is 33.8. The van der Waals surface area contributed by atoms with Crippen LogP contribution in [-0.4, -0.2) is 84.8 Å². The molecule has 0 saturated carbocycles. The van der Waals surface area contributed by atoms with Crippen LogP contribution in [0.1, 0.15) is 23.2 Å². The fraction of sp³-hybridized carbons (Fsp3) is 0.241. The number of hydrogen-bond donors (Lipinski definition) is 1. The summed E-state index contributed by atoms with van der Waals surface area (Å²) in [5.74, 6) is -2.77. The average molecular weight is 646 g/mol. The highest BCUT2D eigenvalue weighted by molar-refractivity contribution is 6.00. The first-order chi connectivity index (χ1) is 21.8. The SMILES string of the molecule is CCOC(=O)c1nn(-c2ccc(OC)cc2)c2c(=O)n(-c3ccc(-n4ccnc4CN(C)C)cc3F)cnc12.O=C(O)C(F)(F)F. The summed E-state index contributed by atoms with van der Waals surface area (Å²) in [5.41, 5.74) is 0.356. The molecule has 0 saturated heterocycles. The number of rotatable bonds is 8. The summed E-state index contributed by atoms with van der Waals surface area (Å²) in [5, 5.41) is 11.5. The maximum Gasteiger partial charge on any atom is 0.490 e. The molecule has 5 aromatic rings. The summed E-state index contributed by atoms with van der Waals surface area (Å²) >= 11 is 0. The number of halogens is 4. The van der Waals surface area contributed by atoms with Gasteiger partial charge >= 0.3 is 18.1 Å². The number of ether oxygens (including phenoxy) is 2. The summed E-state index contributed by atoms with van der Waals surface area (Å²) < 4.78 is 61.7. The Kier molecular flexibility index (Phi) is 9.85. The number of alkyl halides is 3. The molecule has 0 atom stereocenters. The lowest BCUT2D eigenvalue weighted by molar-refractivity contribution is -0.192. The summed E-state index contributed by atoms with van der Waals surface area (Å²) in [4.78, 5) is 45.9. The van der Waals surface area contributed by atoms with Gasteiger partial charge in [0.15, 0.2) is 11.2 Å². The van der Waals surface area contributed by atoms with Gasteiger partial charge in [-0.1, -0.05) is 0 Å². The standard InChI is InChI=1S/C27H26FN7O4.C2HF3O2/c1-5-39-27(37)24-23-25(35(31-24)17-6-9-19(38-4)10-7-17)26(36)34(16-30-23)21-11-8-18(14-20(21)28)33-13-12-29-22(33)15-32(2)3;3-2(4,5)1(6)7/h6-14,16H,5,15H2,1-4H3;(H,6,7). The number of imidazole rings is 1. The minimum absolute atomic E-state index is 0.00271. The first kappa shape index (κ1) is 33.3. The molecule has 13 nitrogen and oxygen atoms in total. The highest BCUT2D eigenvalue weighted by atomic mass is 19.4. The van der Waals surface area contributed by atoms with Gasteiger partial charge in [-0.05, 0) is 57.4 Å². The molecule has 5 rings (SSSR count). The van der Waals surface area contributed by atoms with E-state index in [1.165, 1.54) is 30.3 Å². The topological polar surface area (TPSA) is 147 Å². The van der Waals surface area contributed by atoms with Crippen molar-refractivity contribution < 1.29 is 41.7 Å². The minimum Gasteiger partial charge on any atom is -0.497 e. The number of carboxylic acids is 1. The van der Waals surface area contributed by atoms with Gasteiger partial charge in [0, 0.05) is 24.1 Å². The Morgan fingerprint density at radius 1 is 1.02 bits per heavy atom. The number of hydrogen-bond acceptors (Lipinski definition) is 9. The first-order valence-corrected chi connectivity index (χ1v) is 13.4. The quantitative estimate of drug-likeness (QED) is 0.195. The molecule has 0 radical (unpaired) electrons. The Labute approximate surface area is 257 Å². The van der Waals surface area contributed by atoms with Crippen molar-refractivity contribution in [3.63, 3.8) is 0 Å². The lowest BCUT2D eigenvalue weighted by Gasteiger charge is -2.14. The normalized spacial score (nSPS) is 11.3. The molecular weight excluding hydrogens is 618 g/mol. The summed E-state index contributed by atoms with van der Waals surface area (Å²) in [6, 6.07) is 11.3. The molecule has 2 aromatic carbocycles. The summed E-state index contributed by atoms with van der Waals surface area (Å²) in [7, 11) is 5.37. The van der Waals surface area contributed by atoms with Crippen molar-refractivity contribution >= 4 is 23.0 Å². The van der Waals surface area contributed by atoms with Gasteiger partial charge < -0.3 is 24.0 Å². The number of aliphatic carboxylic acids is 1. The Balaban J connectivity index is 0.000000617. The Hall–Kier alpha value is -5.58. The predicted octanol–water partition coefficient (Wildman–Crippen LogP) is 3.78. The first-order valence-electron chi connectivity index (χ1n) is 13.4. The zero-order valence-corrected chi connectivity index (χ0v) is 24.8. The number of esters is 1. The van der Waals surface area contributed by atoms with Crippen LogP contribution in [0.5, 0.6) is 5.75 Å². The summed E-state index contributed by atoms with van der Waals surface area (Å²) in [6.45, 7) is 2.35. The van der Waals surface area contributed by atoms with E-state index < -0.39 is 29.5 Å². The molecule has 0 bridgehead atoms. The Morgan fingerprint density at radius 2 is 1.67 bits per heavy atom. The van der Waals surface area contributed by atoms with Crippen molar-refractivity contribution in [3.8, 4) is 22.8 Å². The van der Waals surface area contributed by atoms with Crippen molar-refractivity contribution in [2.45, 2.75) is 19.6 Å². The van der Waals surface area contributed by atoms with Crippen molar-refractivity contribution in [2.24, 2.45) is 0 Å². The van der Waals surface area contributed by atoms with E-state index >= 15 is 4.39 Å². The van der Waals surface area contributed by atoms with Crippen molar-refractivity contribution in [1.82, 2.24) is 33.8 Å². The molecule has 0 aliphatic rings. The van der Waals surface area contributed by atoms with Crippen molar-refractivity contribution in [3.05, 3.63) is 88.9 Å². The van der Waals surface area contributed by atoms with Gasteiger partial charge in [0.1, 0.15) is 29.2 Å². The number of fused-ring (bicyclic) bond motifs is 1. The van der Waals surface area contributed by atoms with E-state index in [0.717, 1.165) is 10.4 Å². The van der Waals surface area contributed by atoms with Crippen molar-refractivity contribution in [1.29, 1.82) is 0 Å². The third-order valence-electron chi connectivity index (χ3n) is 6.26. The number of carbonyl (C=O) groups excluding carboxylic acids is 1. The fourth-order valence-electron chi connectivity index (χ4n) is 4.24. The molecule has 0 aliphatic heterocycles. The monoisotopic (exact) mass is 645 g/mol. The lowest BCUT2D eigenvalue weighted by atomic mass is 10.2. The smallest absolute Gasteiger partial charge is 0.490 e. The highest BCUT2D eigenvalue weighted by Gasteiger charge is 2.38. The van der Waals surface area contributed by atoms with Gasteiger partial charge in [0.25, 0.3) is 5.56 Å². The maximum absolute atomic E-state index is 15.5. The number of carbonyl (C=O) groups is 2. The van der Waals surface area contributed by atoms with Gasteiger partial charge in [-0.25, -0.2) is 28.6 Å². The van der Waals surface area contributed by atoms with Crippen LogP contribution < -0.4 is 10.3 Å². The van der Waals surface area contributed by atoms with Crippen LogP contribution >= 0.6 is 0 Å². The summed E-state index contributed by atoms with van der Waals surface area (Å²) in [6.07, 6.45) is -0.508. The maximum atomic E-state index is 15.5. The number of benzene rings is 2. The van der Waals surface area contributed by atoms with E-state index in [1.807, 2.05) is 19.0 Å². The van der Waals surface area contributed by atoms with Crippen LogP contribution in [0, 0.1) is 5.82 Å². The molecular formula is C29H27F4N7O6. The molecule has 1 N–H and O–H groups in total. The Morgan fingerprint density at radius 3 is 2.24 bits per heavy atom. The fourth-order valence-corrected chi connectivity index (χ4v) is 4.24. The third-order valence-corrected chi connectivity index (χ3v) is 6.26. The third kappa shape index (κ3) is 7.04. The van der Waals surface area contributed by atoms with Gasteiger partial charge in [0.2, 0.25) is 0 Å².